The first-order valence-electron chi connectivity index (χ1n) is 14.0. The topological polar surface area (TPSA) is 42.7 Å². The van der Waals surface area contributed by atoms with E-state index in [0.717, 1.165) is 39.2 Å². The van der Waals surface area contributed by atoms with E-state index >= 15 is 0 Å². The van der Waals surface area contributed by atoms with Crippen molar-refractivity contribution >= 4 is 59.9 Å². The van der Waals surface area contributed by atoms with E-state index in [4.69, 9.17) is 4.98 Å². The molecule has 9 rings (SSSR count). The van der Waals surface area contributed by atoms with Crippen molar-refractivity contribution in [2.24, 2.45) is 0 Å². The molecule has 5 aromatic carbocycles. The zero-order chi connectivity index (χ0) is 26.9. The second-order valence-electron chi connectivity index (χ2n) is 10.7. The molecule has 0 spiro atoms. The second-order valence-corrected chi connectivity index (χ2v) is 10.7. The Kier molecular flexibility index (Phi) is 4.64. The molecule has 4 heteroatoms. The van der Waals surface area contributed by atoms with Crippen molar-refractivity contribution in [3.8, 4) is 11.3 Å². The standard InChI is InChI=1S/C37H24N4/c1-2-12-33-27(8-1)29-22-38-21-20-34(29)41(33)35-13-5-11-32(40-35)31-10-4-9-30(39-31)26-18-16-25-15-14-23-6-3-7-24-17-19-28(26)37(25)36(23)24/h1-22,32,40H. The number of dihydropyridines is 1. The van der Waals surface area contributed by atoms with Crippen LogP contribution in [-0.2, 0) is 0 Å². The highest BCUT2D eigenvalue weighted by atomic mass is 15.2. The van der Waals surface area contributed by atoms with Crippen molar-refractivity contribution in [3.05, 3.63) is 139 Å². The van der Waals surface area contributed by atoms with Gasteiger partial charge in [0.2, 0.25) is 0 Å². The minimum absolute atomic E-state index is 0.0622. The molecule has 0 bridgehead atoms. The first kappa shape index (κ1) is 22.3. The fraction of sp³-hybridized carbons (Fsp3) is 0.0270. The van der Waals surface area contributed by atoms with Gasteiger partial charge in [0.25, 0.3) is 0 Å². The Labute approximate surface area is 236 Å². The highest BCUT2D eigenvalue weighted by Crippen LogP contribution is 2.39. The van der Waals surface area contributed by atoms with Crippen molar-refractivity contribution in [2.75, 3.05) is 0 Å². The van der Waals surface area contributed by atoms with Gasteiger partial charge in [-0.3, -0.25) is 14.5 Å². The normalized spacial score (nSPS) is 15.3. The lowest BCUT2D eigenvalue weighted by atomic mass is 9.91. The number of benzene rings is 5. The number of hydrogen-bond acceptors (Lipinski definition) is 3. The van der Waals surface area contributed by atoms with Crippen LogP contribution in [0.1, 0.15) is 11.7 Å². The lowest BCUT2D eigenvalue weighted by Gasteiger charge is -2.24. The Bertz CT molecular complexity index is 2290. The van der Waals surface area contributed by atoms with Gasteiger partial charge >= 0.3 is 0 Å². The number of pyridine rings is 2. The molecule has 1 atom stereocenters. The number of para-hydroxylation sites is 1. The largest absolute Gasteiger partial charge is 0.359 e. The summed E-state index contributed by atoms with van der Waals surface area (Å²) in [6, 6.07) is 36.8. The van der Waals surface area contributed by atoms with Gasteiger partial charge in [-0.25, -0.2) is 0 Å². The maximum Gasteiger partial charge on any atom is 0.111 e. The monoisotopic (exact) mass is 524 g/mol. The molecule has 1 aliphatic heterocycles. The molecule has 1 aliphatic rings. The first-order chi connectivity index (χ1) is 20.3. The molecule has 0 aliphatic carbocycles. The fourth-order valence-electron chi connectivity index (χ4n) is 6.63. The summed E-state index contributed by atoms with van der Waals surface area (Å²) in [4.78, 5) is 9.62. The van der Waals surface area contributed by atoms with E-state index < -0.39 is 0 Å². The van der Waals surface area contributed by atoms with E-state index in [0.29, 0.717) is 0 Å². The van der Waals surface area contributed by atoms with E-state index in [1.807, 2.05) is 12.4 Å². The van der Waals surface area contributed by atoms with E-state index in [1.54, 1.807) is 0 Å². The van der Waals surface area contributed by atoms with Gasteiger partial charge in [-0.1, -0.05) is 91.0 Å². The van der Waals surface area contributed by atoms with Crippen molar-refractivity contribution in [1.29, 1.82) is 0 Å². The fourth-order valence-corrected chi connectivity index (χ4v) is 6.63. The summed E-state index contributed by atoms with van der Waals surface area (Å²) in [5, 5.41) is 13.8. The minimum Gasteiger partial charge on any atom is -0.359 e. The Morgan fingerprint density at radius 1 is 0.634 bits per heavy atom. The summed E-state index contributed by atoms with van der Waals surface area (Å²) in [6.07, 6.45) is 10.2. The van der Waals surface area contributed by atoms with Crippen LogP contribution in [0.15, 0.2) is 134 Å². The summed E-state index contributed by atoms with van der Waals surface area (Å²) >= 11 is 0. The molecule has 192 valence electrons. The minimum atomic E-state index is -0.0622. The van der Waals surface area contributed by atoms with Gasteiger partial charge < -0.3 is 5.32 Å². The molecule has 3 aromatic heterocycles. The lowest BCUT2D eigenvalue weighted by molar-refractivity contribution is 0.714. The number of fused-ring (bicyclic) bond motifs is 3. The van der Waals surface area contributed by atoms with Crippen LogP contribution in [0.2, 0.25) is 0 Å². The molecule has 0 radical (unpaired) electrons. The van der Waals surface area contributed by atoms with Crippen LogP contribution in [-0.4, -0.2) is 14.5 Å². The van der Waals surface area contributed by atoms with Gasteiger partial charge in [0.15, 0.2) is 0 Å². The van der Waals surface area contributed by atoms with Gasteiger partial charge in [-0.05, 0) is 62.7 Å². The Hall–Kier alpha value is -5.48. The van der Waals surface area contributed by atoms with Crippen LogP contribution < -0.4 is 5.32 Å². The predicted molar refractivity (Wildman–Crippen MR) is 170 cm³/mol. The Morgan fingerprint density at radius 3 is 2.34 bits per heavy atom. The van der Waals surface area contributed by atoms with Crippen molar-refractivity contribution in [3.63, 3.8) is 0 Å². The molecular formula is C37H24N4. The van der Waals surface area contributed by atoms with Gasteiger partial charge in [0.05, 0.1) is 28.5 Å². The molecule has 8 aromatic rings. The number of allylic oxidation sites excluding steroid dienone is 2. The zero-order valence-corrected chi connectivity index (χ0v) is 22.1. The molecule has 4 heterocycles. The summed E-state index contributed by atoms with van der Waals surface area (Å²) in [7, 11) is 0. The molecule has 0 fully saturated rings. The quantitative estimate of drug-likeness (QED) is 0.235. The summed E-state index contributed by atoms with van der Waals surface area (Å²) in [5.41, 5.74) is 5.40. The van der Waals surface area contributed by atoms with Crippen molar-refractivity contribution in [1.82, 2.24) is 19.9 Å². The van der Waals surface area contributed by atoms with Crippen LogP contribution in [0.25, 0.3) is 71.2 Å². The van der Waals surface area contributed by atoms with Crippen LogP contribution in [0.4, 0.5) is 0 Å². The number of aromatic nitrogens is 3. The first-order valence-corrected chi connectivity index (χ1v) is 14.0. The van der Waals surface area contributed by atoms with Crippen molar-refractivity contribution < 1.29 is 0 Å². The number of rotatable bonds is 3. The average Bonchev–Trinajstić information content (AvgIpc) is 3.38. The van der Waals surface area contributed by atoms with Crippen LogP contribution >= 0.6 is 0 Å². The summed E-state index contributed by atoms with van der Waals surface area (Å²) in [6.45, 7) is 0. The van der Waals surface area contributed by atoms with Gasteiger partial charge in [-0.2, -0.15) is 0 Å². The van der Waals surface area contributed by atoms with Gasteiger partial charge in [0, 0.05) is 28.7 Å². The van der Waals surface area contributed by atoms with Gasteiger partial charge in [-0.15, -0.1) is 0 Å². The molecule has 4 nitrogen and oxygen atoms in total. The Balaban J connectivity index is 1.14. The maximum absolute atomic E-state index is 5.23. The molecule has 0 saturated heterocycles. The third-order valence-corrected chi connectivity index (χ3v) is 8.47. The number of nitrogens with zero attached hydrogens (tertiary/aromatic N) is 3. The van der Waals surface area contributed by atoms with Crippen LogP contribution in [0, 0.1) is 0 Å². The third kappa shape index (κ3) is 3.28. The Morgan fingerprint density at radius 2 is 1.41 bits per heavy atom. The molecular weight excluding hydrogens is 500 g/mol. The van der Waals surface area contributed by atoms with Crippen molar-refractivity contribution in [2.45, 2.75) is 6.04 Å². The highest BCUT2D eigenvalue weighted by Gasteiger charge is 2.20. The van der Waals surface area contributed by atoms with E-state index in [-0.39, 0.29) is 6.04 Å². The van der Waals surface area contributed by atoms with Crippen LogP contribution in [0.5, 0.6) is 0 Å². The SMILES string of the molecule is C1=CC(c2cccc(-c3ccc4ccc5cccc6ccc3c4c56)n2)NC(n2c3ccccc3c3cnccc32)=C1. The summed E-state index contributed by atoms with van der Waals surface area (Å²) < 4.78 is 2.29. The maximum atomic E-state index is 5.23. The highest BCUT2D eigenvalue weighted by molar-refractivity contribution is 6.25. The average molecular weight is 525 g/mol. The van der Waals surface area contributed by atoms with E-state index in [2.05, 4.69) is 136 Å². The number of hydrogen-bond donors (Lipinski definition) is 1. The third-order valence-electron chi connectivity index (χ3n) is 8.47. The molecule has 1 unspecified atom stereocenters. The zero-order valence-electron chi connectivity index (χ0n) is 22.1. The molecule has 1 N–H and O–H groups in total. The molecule has 0 saturated carbocycles. The van der Waals surface area contributed by atoms with E-state index in [1.165, 1.54) is 37.7 Å². The smallest absolute Gasteiger partial charge is 0.111 e. The number of nitrogens with one attached hydrogen (secondary N) is 1. The van der Waals surface area contributed by atoms with Crippen LogP contribution in [0.3, 0.4) is 0 Å². The second kappa shape index (κ2) is 8.51. The lowest BCUT2D eigenvalue weighted by Crippen LogP contribution is -2.24. The molecule has 0 amide bonds. The predicted octanol–water partition coefficient (Wildman–Crippen LogP) is 8.85. The van der Waals surface area contributed by atoms with E-state index in [9.17, 15) is 0 Å². The molecule has 41 heavy (non-hydrogen) atoms. The van der Waals surface area contributed by atoms with Gasteiger partial charge in [0.1, 0.15) is 5.82 Å². The summed E-state index contributed by atoms with van der Waals surface area (Å²) in [5.74, 6) is 1.02.